The monoisotopic (exact) mass is 278 g/mol. The summed E-state index contributed by atoms with van der Waals surface area (Å²) in [6, 6.07) is 0.645. The standard InChI is InChI=1S/C15H26N4O/c1-11(2)18-7-5-12(9-18)8-14-16-17-15-13(10-20)4-3-6-19(14)15/h11-13,20H,3-10H2,1-2H3. The summed E-state index contributed by atoms with van der Waals surface area (Å²) in [7, 11) is 0. The maximum Gasteiger partial charge on any atom is 0.138 e. The molecule has 0 radical (unpaired) electrons. The van der Waals surface area contributed by atoms with E-state index in [-0.39, 0.29) is 12.5 Å². The van der Waals surface area contributed by atoms with Crippen molar-refractivity contribution >= 4 is 0 Å². The lowest BCUT2D eigenvalue weighted by molar-refractivity contribution is 0.236. The summed E-state index contributed by atoms with van der Waals surface area (Å²) in [6.07, 6.45) is 4.48. The SMILES string of the molecule is CC(C)N1CCC(Cc2nnc3n2CCCC3CO)C1. The summed E-state index contributed by atoms with van der Waals surface area (Å²) in [5, 5.41) is 18.2. The van der Waals surface area contributed by atoms with Crippen LogP contribution in [-0.4, -0.2) is 50.5 Å². The molecule has 0 spiro atoms. The zero-order valence-corrected chi connectivity index (χ0v) is 12.6. The van der Waals surface area contributed by atoms with Gasteiger partial charge in [-0.2, -0.15) is 0 Å². The third-order valence-electron chi connectivity index (χ3n) is 4.89. The zero-order valence-electron chi connectivity index (χ0n) is 12.6. The predicted molar refractivity (Wildman–Crippen MR) is 77.6 cm³/mol. The van der Waals surface area contributed by atoms with Crippen molar-refractivity contribution in [3.63, 3.8) is 0 Å². The normalized spacial score (nSPS) is 27.2. The molecule has 0 aromatic carbocycles. The molecule has 3 heterocycles. The molecule has 1 aromatic heterocycles. The maximum atomic E-state index is 9.44. The van der Waals surface area contributed by atoms with Gasteiger partial charge in [-0.05, 0) is 45.6 Å². The van der Waals surface area contributed by atoms with Crippen molar-refractivity contribution in [3.05, 3.63) is 11.6 Å². The lowest BCUT2D eigenvalue weighted by Gasteiger charge is -2.23. The molecule has 5 heteroatoms. The molecule has 2 unspecified atom stereocenters. The highest BCUT2D eigenvalue weighted by Crippen LogP contribution is 2.28. The van der Waals surface area contributed by atoms with E-state index >= 15 is 0 Å². The van der Waals surface area contributed by atoms with E-state index < -0.39 is 0 Å². The number of rotatable bonds is 4. The van der Waals surface area contributed by atoms with Crippen molar-refractivity contribution < 1.29 is 5.11 Å². The number of aromatic nitrogens is 3. The molecule has 1 aromatic rings. The Morgan fingerprint density at radius 1 is 1.25 bits per heavy atom. The van der Waals surface area contributed by atoms with Crippen LogP contribution in [0.25, 0.3) is 0 Å². The molecule has 2 atom stereocenters. The molecule has 0 aliphatic carbocycles. The largest absolute Gasteiger partial charge is 0.396 e. The van der Waals surface area contributed by atoms with E-state index in [0.717, 1.165) is 37.5 Å². The van der Waals surface area contributed by atoms with Gasteiger partial charge in [0.15, 0.2) is 0 Å². The van der Waals surface area contributed by atoms with E-state index in [1.165, 1.54) is 19.5 Å². The fourth-order valence-electron chi connectivity index (χ4n) is 3.60. The highest BCUT2D eigenvalue weighted by Gasteiger charge is 2.29. The molecule has 1 fully saturated rings. The minimum Gasteiger partial charge on any atom is -0.396 e. The van der Waals surface area contributed by atoms with Crippen LogP contribution in [-0.2, 0) is 13.0 Å². The number of fused-ring (bicyclic) bond motifs is 1. The Bertz CT molecular complexity index is 457. The van der Waals surface area contributed by atoms with Gasteiger partial charge in [0.05, 0.1) is 6.61 Å². The Hall–Kier alpha value is -0.940. The molecule has 2 aliphatic heterocycles. The first-order valence-electron chi connectivity index (χ1n) is 7.96. The third kappa shape index (κ3) is 2.61. The van der Waals surface area contributed by atoms with Gasteiger partial charge in [-0.1, -0.05) is 0 Å². The second-order valence-corrected chi connectivity index (χ2v) is 6.60. The van der Waals surface area contributed by atoms with E-state index in [2.05, 4.69) is 33.5 Å². The Balaban J connectivity index is 1.69. The van der Waals surface area contributed by atoms with Crippen molar-refractivity contribution in [3.8, 4) is 0 Å². The highest BCUT2D eigenvalue weighted by atomic mass is 16.3. The molecule has 0 bridgehead atoms. The maximum absolute atomic E-state index is 9.44. The molecule has 1 N–H and O–H groups in total. The molecular weight excluding hydrogens is 252 g/mol. The predicted octanol–water partition coefficient (Wildman–Crippen LogP) is 1.42. The molecule has 0 saturated carbocycles. The van der Waals surface area contributed by atoms with Gasteiger partial charge in [-0.25, -0.2) is 0 Å². The summed E-state index contributed by atoms with van der Waals surface area (Å²) < 4.78 is 2.27. The second-order valence-electron chi connectivity index (χ2n) is 6.60. The second kappa shape index (κ2) is 5.82. The quantitative estimate of drug-likeness (QED) is 0.905. The molecular formula is C15H26N4O. The lowest BCUT2D eigenvalue weighted by Crippen LogP contribution is -2.28. The highest BCUT2D eigenvalue weighted by molar-refractivity contribution is 5.06. The summed E-state index contributed by atoms with van der Waals surface area (Å²) in [6.45, 7) is 8.16. The van der Waals surface area contributed by atoms with E-state index in [0.29, 0.717) is 12.0 Å². The van der Waals surface area contributed by atoms with Gasteiger partial charge >= 0.3 is 0 Å². The molecule has 0 amide bonds. The number of hydrogen-bond acceptors (Lipinski definition) is 4. The Morgan fingerprint density at radius 2 is 2.10 bits per heavy atom. The van der Waals surface area contributed by atoms with Crippen LogP contribution in [0.15, 0.2) is 0 Å². The Morgan fingerprint density at radius 3 is 2.80 bits per heavy atom. The van der Waals surface area contributed by atoms with Gasteiger partial charge in [0.2, 0.25) is 0 Å². The molecule has 1 saturated heterocycles. The first-order valence-corrected chi connectivity index (χ1v) is 7.96. The smallest absolute Gasteiger partial charge is 0.138 e. The van der Waals surface area contributed by atoms with E-state index in [1.807, 2.05) is 0 Å². The first-order chi connectivity index (χ1) is 9.69. The summed E-state index contributed by atoms with van der Waals surface area (Å²) in [5.74, 6) is 3.04. The molecule has 3 rings (SSSR count). The van der Waals surface area contributed by atoms with Gasteiger partial charge < -0.3 is 14.6 Å². The average Bonchev–Trinajstić information content (AvgIpc) is 3.06. The number of aliphatic hydroxyl groups is 1. The van der Waals surface area contributed by atoms with Crippen LogP contribution in [0.3, 0.4) is 0 Å². The van der Waals surface area contributed by atoms with Gasteiger partial charge in [-0.3, -0.25) is 0 Å². The van der Waals surface area contributed by atoms with Gasteiger partial charge in [0.25, 0.3) is 0 Å². The van der Waals surface area contributed by atoms with Crippen LogP contribution in [0.2, 0.25) is 0 Å². The fourth-order valence-corrected chi connectivity index (χ4v) is 3.60. The molecule has 2 aliphatic rings. The number of hydrogen-bond donors (Lipinski definition) is 1. The summed E-state index contributed by atoms with van der Waals surface area (Å²) in [5.41, 5.74) is 0. The average molecular weight is 278 g/mol. The summed E-state index contributed by atoms with van der Waals surface area (Å²) in [4.78, 5) is 2.55. The van der Waals surface area contributed by atoms with Crippen LogP contribution in [0.4, 0.5) is 0 Å². The minimum absolute atomic E-state index is 0.195. The Kier molecular flexibility index (Phi) is 4.08. The van der Waals surface area contributed by atoms with Crippen molar-refractivity contribution in [2.24, 2.45) is 5.92 Å². The van der Waals surface area contributed by atoms with Crippen molar-refractivity contribution in [2.75, 3.05) is 19.7 Å². The van der Waals surface area contributed by atoms with Crippen LogP contribution in [0.5, 0.6) is 0 Å². The fraction of sp³-hybridized carbons (Fsp3) is 0.867. The van der Waals surface area contributed by atoms with Crippen molar-refractivity contribution in [2.45, 2.75) is 58.0 Å². The van der Waals surface area contributed by atoms with Gasteiger partial charge in [-0.15, -0.1) is 10.2 Å². The van der Waals surface area contributed by atoms with E-state index in [1.54, 1.807) is 0 Å². The van der Waals surface area contributed by atoms with Crippen LogP contribution in [0.1, 0.15) is 50.7 Å². The van der Waals surface area contributed by atoms with Crippen molar-refractivity contribution in [1.82, 2.24) is 19.7 Å². The van der Waals surface area contributed by atoms with Crippen LogP contribution >= 0.6 is 0 Å². The number of likely N-dealkylation sites (tertiary alicyclic amines) is 1. The summed E-state index contributed by atoms with van der Waals surface area (Å²) >= 11 is 0. The first kappa shape index (κ1) is 14.0. The van der Waals surface area contributed by atoms with Gasteiger partial charge in [0, 0.05) is 31.5 Å². The zero-order chi connectivity index (χ0) is 14.1. The Labute approximate surface area is 121 Å². The molecule has 20 heavy (non-hydrogen) atoms. The van der Waals surface area contributed by atoms with E-state index in [9.17, 15) is 5.11 Å². The van der Waals surface area contributed by atoms with Gasteiger partial charge in [0.1, 0.15) is 11.6 Å². The lowest BCUT2D eigenvalue weighted by atomic mass is 9.99. The minimum atomic E-state index is 0.195. The topological polar surface area (TPSA) is 54.2 Å². The molecule has 112 valence electrons. The van der Waals surface area contributed by atoms with Crippen LogP contribution in [0, 0.1) is 5.92 Å². The van der Waals surface area contributed by atoms with Crippen molar-refractivity contribution in [1.29, 1.82) is 0 Å². The van der Waals surface area contributed by atoms with Crippen LogP contribution < -0.4 is 0 Å². The van der Waals surface area contributed by atoms with E-state index in [4.69, 9.17) is 0 Å². The number of nitrogens with zero attached hydrogens (tertiary/aromatic N) is 4. The molecule has 5 nitrogen and oxygen atoms in total. The third-order valence-corrected chi connectivity index (χ3v) is 4.89. The number of aliphatic hydroxyl groups excluding tert-OH is 1.